The van der Waals surface area contributed by atoms with Crippen molar-refractivity contribution in [2.75, 3.05) is 49.6 Å². The second kappa shape index (κ2) is 12.1. The Morgan fingerprint density at radius 1 is 1.00 bits per heavy atom. The predicted molar refractivity (Wildman–Crippen MR) is 146 cm³/mol. The summed E-state index contributed by atoms with van der Waals surface area (Å²) in [6.45, 7) is 1.12. The third-order valence-electron chi connectivity index (χ3n) is 6.60. The van der Waals surface area contributed by atoms with E-state index in [9.17, 15) is 26.4 Å². The molecule has 12 heteroatoms. The smallest absolute Gasteiger partial charge is 0.416 e. The fraction of sp³-hybridized carbons (Fsp3) is 0.321. The Morgan fingerprint density at radius 3 is 2.48 bits per heavy atom. The van der Waals surface area contributed by atoms with Crippen LogP contribution in [0.2, 0.25) is 0 Å². The number of fused-ring (bicyclic) bond motifs is 1. The van der Waals surface area contributed by atoms with Crippen LogP contribution in [0.1, 0.15) is 17.5 Å². The van der Waals surface area contributed by atoms with Gasteiger partial charge in [0.05, 0.1) is 30.4 Å². The highest BCUT2D eigenvalue weighted by Gasteiger charge is 2.33. The molecule has 40 heavy (non-hydrogen) atoms. The standard InChI is InChI=1S/C28H30F3N3O5S/c1-38-25-12-11-23(18-26(25)39-2)40(36,37)34(22-9-5-8-21(17-22)28(29,30)31)19-27(35)32-14-6-15-33-16-13-20-7-3-4-10-24(20)33/h3-5,7-12,17-18H,6,13-16,19H2,1-2H3,(H,32,35). The summed E-state index contributed by atoms with van der Waals surface area (Å²) < 4.78 is 78.7. The highest BCUT2D eigenvalue weighted by molar-refractivity contribution is 7.92. The largest absolute Gasteiger partial charge is 0.493 e. The Bertz CT molecular complexity index is 1460. The van der Waals surface area contributed by atoms with Crippen LogP contribution < -0.4 is 24.0 Å². The summed E-state index contributed by atoms with van der Waals surface area (Å²) in [5.74, 6) is -0.269. The van der Waals surface area contributed by atoms with Gasteiger partial charge < -0.3 is 19.7 Å². The molecule has 214 valence electrons. The lowest BCUT2D eigenvalue weighted by Gasteiger charge is -2.25. The van der Waals surface area contributed by atoms with Gasteiger partial charge in [-0.15, -0.1) is 0 Å². The molecule has 0 unspecified atom stereocenters. The van der Waals surface area contributed by atoms with Gasteiger partial charge in [-0.05, 0) is 54.8 Å². The molecule has 3 aromatic rings. The number of alkyl halides is 3. The molecule has 4 rings (SSSR count). The molecule has 0 spiro atoms. The number of carbonyl (C=O) groups is 1. The molecule has 0 aliphatic carbocycles. The van der Waals surface area contributed by atoms with Gasteiger partial charge in [0.25, 0.3) is 10.0 Å². The first-order valence-electron chi connectivity index (χ1n) is 12.6. The van der Waals surface area contributed by atoms with E-state index >= 15 is 0 Å². The van der Waals surface area contributed by atoms with Crippen LogP contribution in [0.15, 0.2) is 71.6 Å². The van der Waals surface area contributed by atoms with Crippen molar-refractivity contribution < 1.29 is 35.9 Å². The molecule has 0 aromatic heterocycles. The van der Waals surface area contributed by atoms with Gasteiger partial charge in [-0.2, -0.15) is 13.2 Å². The van der Waals surface area contributed by atoms with E-state index in [1.165, 1.54) is 44.0 Å². The number of amides is 1. The second-order valence-electron chi connectivity index (χ2n) is 9.15. The molecular weight excluding hydrogens is 547 g/mol. The summed E-state index contributed by atoms with van der Waals surface area (Å²) in [6, 6.07) is 15.8. The third-order valence-corrected chi connectivity index (χ3v) is 8.37. The number of hydrogen-bond donors (Lipinski definition) is 1. The number of ether oxygens (including phenoxy) is 2. The SMILES string of the molecule is COc1ccc(S(=O)(=O)N(CC(=O)NCCCN2CCc3ccccc32)c2cccc(C(F)(F)F)c2)cc1OC. The lowest BCUT2D eigenvalue weighted by molar-refractivity contribution is -0.137. The number of nitrogens with zero attached hydrogens (tertiary/aromatic N) is 2. The maximum Gasteiger partial charge on any atom is 0.416 e. The number of nitrogens with one attached hydrogen (secondary N) is 1. The lowest BCUT2D eigenvalue weighted by Crippen LogP contribution is -2.41. The zero-order valence-electron chi connectivity index (χ0n) is 22.1. The van der Waals surface area contributed by atoms with Gasteiger partial charge in [-0.3, -0.25) is 9.10 Å². The third kappa shape index (κ3) is 6.44. The van der Waals surface area contributed by atoms with Gasteiger partial charge >= 0.3 is 6.18 Å². The van der Waals surface area contributed by atoms with E-state index in [1.54, 1.807) is 0 Å². The molecule has 0 saturated carbocycles. The van der Waals surface area contributed by atoms with Gasteiger partial charge in [-0.1, -0.05) is 24.3 Å². The van der Waals surface area contributed by atoms with Crippen LogP contribution in [0.25, 0.3) is 0 Å². The normalized spacial score (nSPS) is 13.1. The summed E-state index contributed by atoms with van der Waals surface area (Å²) in [7, 11) is -1.78. The predicted octanol–water partition coefficient (Wildman–Crippen LogP) is 4.49. The van der Waals surface area contributed by atoms with Crippen LogP contribution in [-0.4, -0.2) is 54.7 Å². The van der Waals surface area contributed by atoms with Gasteiger partial charge in [0.1, 0.15) is 6.54 Å². The first-order chi connectivity index (χ1) is 19.0. The Labute approximate surface area is 231 Å². The van der Waals surface area contributed by atoms with Gasteiger partial charge in [0.15, 0.2) is 11.5 Å². The molecule has 0 fully saturated rings. The molecule has 0 saturated heterocycles. The maximum absolute atomic E-state index is 13.7. The minimum atomic E-state index is -4.70. The maximum atomic E-state index is 13.7. The van der Waals surface area contributed by atoms with Gasteiger partial charge in [-0.25, -0.2) is 8.42 Å². The van der Waals surface area contributed by atoms with Crippen molar-refractivity contribution in [2.45, 2.75) is 23.9 Å². The van der Waals surface area contributed by atoms with E-state index in [0.717, 1.165) is 30.8 Å². The van der Waals surface area contributed by atoms with Crippen molar-refractivity contribution in [3.05, 3.63) is 77.9 Å². The number of methoxy groups -OCH3 is 2. The van der Waals surface area contributed by atoms with Crippen LogP contribution in [0.3, 0.4) is 0 Å². The van der Waals surface area contributed by atoms with E-state index < -0.39 is 34.2 Å². The monoisotopic (exact) mass is 577 g/mol. The molecule has 0 bridgehead atoms. The summed E-state index contributed by atoms with van der Waals surface area (Å²) in [6.07, 6.45) is -3.15. The summed E-state index contributed by atoms with van der Waals surface area (Å²) >= 11 is 0. The molecule has 1 heterocycles. The highest BCUT2D eigenvalue weighted by Crippen LogP contribution is 2.35. The summed E-state index contributed by atoms with van der Waals surface area (Å²) in [5, 5.41) is 2.70. The molecular formula is C28H30F3N3O5S. The zero-order chi connectivity index (χ0) is 28.9. The van der Waals surface area contributed by atoms with Gasteiger partial charge in [0, 0.05) is 31.4 Å². The number of benzene rings is 3. The molecule has 3 aromatic carbocycles. The number of para-hydroxylation sites is 1. The minimum absolute atomic E-state index is 0.112. The fourth-order valence-corrected chi connectivity index (χ4v) is 6.01. The van der Waals surface area contributed by atoms with Crippen LogP contribution in [-0.2, 0) is 27.4 Å². The number of carbonyl (C=O) groups excluding carboxylic acids is 1. The van der Waals surface area contributed by atoms with Crippen LogP contribution in [0.5, 0.6) is 11.5 Å². The summed E-state index contributed by atoms with van der Waals surface area (Å²) in [5.41, 5.74) is 1.09. The average Bonchev–Trinajstić information content (AvgIpc) is 3.36. The minimum Gasteiger partial charge on any atom is -0.493 e. The van der Waals surface area contributed by atoms with Crippen molar-refractivity contribution in [1.82, 2.24) is 5.32 Å². The first kappa shape index (κ1) is 29.1. The lowest BCUT2D eigenvalue weighted by atomic mass is 10.2. The average molecular weight is 578 g/mol. The molecule has 1 N–H and O–H groups in total. The molecule has 1 aliphatic rings. The van der Waals surface area contributed by atoms with Crippen molar-refractivity contribution in [3.63, 3.8) is 0 Å². The van der Waals surface area contributed by atoms with E-state index in [1.807, 2.05) is 18.2 Å². The van der Waals surface area contributed by atoms with E-state index in [-0.39, 0.29) is 28.6 Å². The Balaban J connectivity index is 1.52. The first-order valence-corrected chi connectivity index (χ1v) is 14.0. The van der Waals surface area contributed by atoms with Crippen molar-refractivity contribution >= 4 is 27.3 Å². The Kier molecular flexibility index (Phi) is 8.77. The zero-order valence-corrected chi connectivity index (χ0v) is 22.9. The van der Waals surface area contributed by atoms with Crippen LogP contribution in [0.4, 0.5) is 24.5 Å². The molecule has 0 radical (unpaired) electrons. The second-order valence-corrected chi connectivity index (χ2v) is 11.0. The van der Waals surface area contributed by atoms with E-state index in [2.05, 4.69) is 16.3 Å². The molecule has 1 aliphatic heterocycles. The van der Waals surface area contributed by atoms with Gasteiger partial charge in [0.2, 0.25) is 5.91 Å². The number of anilines is 2. The van der Waals surface area contributed by atoms with E-state index in [4.69, 9.17) is 9.47 Å². The number of hydrogen-bond acceptors (Lipinski definition) is 6. The fourth-order valence-electron chi connectivity index (χ4n) is 4.58. The number of rotatable bonds is 11. The molecule has 1 amide bonds. The van der Waals surface area contributed by atoms with Crippen LogP contribution in [0, 0.1) is 0 Å². The Morgan fingerprint density at radius 2 is 1.75 bits per heavy atom. The highest BCUT2D eigenvalue weighted by atomic mass is 32.2. The molecule has 8 nitrogen and oxygen atoms in total. The van der Waals surface area contributed by atoms with Crippen LogP contribution >= 0.6 is 0 Å². The van der Waals surface area contributed by atoms with Crippen molar-refractivity contribution in [2.24, 2.45) is 0 Å². The Hall–Kier alpha value is -3.93. The number of halogens is 3. The van der Waals surface area contributed by atoms with Crippen molar-refractivity contribution in [1.29, 1.82) is 0 Å². The molecule has 0 atom stereocenters. The van der Waals surface area contributed by atoms with E-state index in [0.29, 0.717) is 23.3 Å². The van der Waals surface area contributed by atoms with Crippen molar-refractivity contribution in [3.8, 4) is 11.5 Å². The summed E-state index contributed by atoms with van der Waals surface area (Å²) in [4.78, 5) is 14.9. The quantitative estimate of drug-likeness (QED) is 0.338. The number of sulfonamides is 1. The topological polar surface area (TPSA) is 88.2 Å².